The van der Waals surface area contributed by atoms with Crippen LogP contribution in [0.2, 0.25) is 0 Å². The minimum absolute atomic E-state index is 0.0981. The van der Waals surface area contributed by atoms with E-state index in [2.05, 4.69) is 10.6 Å². The normalized spacial score (nSPS) is 9.89. The molecule has 0 radical (unpaired) electrons. The van der Waals surface area contributed by atoms with Gasteiger partial charge in [0.25, 0.3) is 11.8 Å². The predicted molar refractivity (Wildman–Crippen MR) is 95.4 cm³/mol. The molecule has 1 aromatic heterocycles. The van der Waals surface area contributed by atoms with Crippen LogP contribution < -0.4 is 20.7 Å². The highest BCUT2D eigenvalue weighted by molar-refractivity contribution is 5.98. The van der Waals surface area contributed by atoms with Crippen molar-refractivity contribution in [3.63, 3.8) is 0 Å². The summed E-state index contributed by atoms with van der Waals surface area (Å²) in [6.45, 7) is -1.02. The Labute approximate surface area is 160 Å². The van der Waals surface area contributed by atoms with Crippen molar-refractivity contribution in [2.24, 2.45) is 0 Å². The summed E-state index contributed by atoms with van der Waals surface area (Å²) in [5, 5.41) is 6.75. The van der Waals surface area contributed by atoms with Crippen LogP contribution >= 0.6 is 0 Å². The number of ether oxygens (including phenoxy) is 2. The van der Waals surface area contributed by atoms with E-state index in [0.717, 1.165) is 0 Å². The quantitative estimate of drug-likeness (QED) is 0.562. The Hall–Kier alpha value is -3.82. The Morgan fingerprint density at radius 1 is 1.04 bits per heavy atom. The average Bonchev–Trinajstić information content (AvgIpc) is 3.22. The number of carbonyl (C=O) groups is 4. The third-order valence-electron chi connectivity index (χ3n) is 3.37. The zero-order valence-corrected chi connectivity index (χ0v) is 15.0. The van der Waals surface area contributed by atoms with Crippen molar-refractivity contribution in [2.45, 2.75) is 6.54 Å². The summed E-state index contributed by atoms with van der Waals surface area (Å²) in [5.74, 6) is -1.32. The standard InChI is InChI=1S/C18H19N3O7/c1-26-14-7-3-2-6-13(14)17(24)19-10-16(23)28-11-15(22)21-18(25)20-9-12-5-4-8-27-12/h2-8H,9-11H2,1H3,(H,19,24)(H2,20,21,22,25). The van der Waals surface area contributed by atoms with Gasteiger partial charge in [0, 0.05) is 0 Å². The van der Waals surface area contributed by atoms with Gasteiger partial charge in [-0.1, -0.05) is 12.1 Å². The Bertz CT molecular complexity index is 833. The number of carbonyl (C=O) groups excluding carboxylic acids is 4. The number of imide groups is 1. The van der Waals surface area contributed by atoms with E-state index >= 15 is 0 Å². The van der Waals surface area contributed by atoms with Gasteiger partial charge >= 0.3 is 12.0 Å². The summed E-state index contributed by atoms with van der Waals surface area (Å²) < 4.78 is 14.8. The molecule has 2 rings (SSSR count). The van der Waals surface area contributed by atoms with Gasteiger partial charge in [-0.3, -0.25) is 19.7 Å². The number of nitrogens with one attached hydrogen (secondary N) is 3. The number of amides is 4. The molecule has 148 valence electrons. The van der Waals surface area contributed by atoms with Gasteiger partial charge in [-0.2, -0.15) is 0 Å². The highest BCUT2D eigenvalue weighted by Gasteiger charge is 2.15. The number of esters is 1. The lowest BCUT2D eigenvalue weighted by molar-refractivity contribution is -0.147. The van der Waals surface area contributed by atoms with Gasteiger partial charge in [-0.05, 0) is 24.3 Å². The molecule has 0 saturated heterocycles. The molecular weight excluding hydrogens is 370 g/mol. The van der Waals surface area contributed by atoms with Crippen LogP contribution in [0.25, 0.3) is 0 Å². The summed E-state index contributed by atoms with van der Waals surface area (Å²) in [5.41, 5.74) is 0.253. The Morgan fingerprint density at radius 2 is 1.82 bits per heavy atom. The lowest BCUT2D eigenvalue weighted by atomic mass is 10.2. The molecule has 1 aromatic carbocycles. The second-order valence-corrected chi connectivity index (χ2v) is 5.35. The summed E-state index contributed by atoms with van der Waals surface area (Å²) in [7, 11) is 1.42. The van der Waals surface area contributed by atoms with Crippen LogP contribution in [0.4, 0.5) is 4.79 Å². The number of furan rings is 1. The van der Waals surface area contributed by atoms with Crippen LogP contribution in [-0.2, 0) is 20.9 Å². The largest absolute Gasteiger partial charge is 0.496 e. The third kappa shape index (κ3) is 6.48. The van der Waals surface area contributed by atoms with Crippen molar-refractivity contribution in [1.82, 2.24) is 16.0 Å². The molecule has 0 aliphatic heterocycles. The lowest BCUT2D eigenvalue weighted by Crippen LogP contribution is -2.41. The van der Waals surface area contributed by atoms with Crippen LogP contribution in [0.1, 0.15) is 16.1 Å². The first-order chi connectivity index (χ1) is 13.5. The molecule has 0 saturated carbocycles. The predicted octanol–water partition coefficient (Wildman–Crippen LogP) is 0.587. The number of urea groups is 1. The SMILES string of the molecule is COc1ccccc1C(=O)NCC(=O)OCC(=O)NC(=O)NCc1ccco1. The van der Waals surface area contributed by atoms with Gasteiger partial charge in [0.2, 0.25) is 0 Å². The van der Waals surface area contributed by atoms with Gasteiger partial charge < -0.3 is 24.5 Å². The minimum Gasteiger partial charge on any atom is -0.496 e. The summed E-state index contributed by atoms with van der Waals surface area (Å²) in [6, 6.07) is 9.05. The molecule has 10 nitrogen and oxygen atoms in total. The molecule has 28 heavy (non-hydrogen) atoms. The van der Waals surface area contributed by atoms with E-state index in [1.165, 1.54) is 19.4 Å². The number of para-hydroxylation sites is 1. The van der Waals surface area contributed by atoms with Gasteiger partial charge in [0.15, 0.2) is 6.61 Å². The second kappa shape index (κ2) is 10.4. The molecule has 0 aliphatic rings. The topological polar surface area (TPSA) is 136 Å². The molecule has 3 N–H and O–H groups in total. The molecule has 0 fully saturated rings. The molecule has 0 aliphatic carbocycles. The zero-order valence-electron chi connectivity index (χ0n) is 15.0. The molecule has 10 heteroatoms. The molecule has 1 heterocycles. The molecule has 0 spiro atoms. The number of methoxy groups -OCH3 is 1. The number of hydrogen-bond donors (Lipinski definition) is 3. The van der Waals surface area contributed by atoms with E-state index in [1.54, 1.807) is 30.3 Å². The first kappa shape index (κ1) is 20.5. The van der Waals surface area contributed by atoms with Gasteiger partial charge in [-0.15, -0.1) is 0 Å². The monoisotopic (exact) mass is 389 g/mol. The highest BCUT2D eigenvalue weighted by atomic mass is 16.5. The third-order valence-corrected chi connectivity index (χ3v) is 3.37. The van der Waals surface area contributed by atoms with Gasteiger partial charge in [-0.25, -0.2) is 4.79 Å². The van der Waals surface area contributed by atoms with Crippen molar-refractivity contribution in [1.29, 1.82) is 0 Å². The van der Waals surface area contributed by atoms with E-state index in [9.17, 15) is 19.2 Å². The molecular formula is C18H19N3O7. The van der Waals surface area contributed by atoms with E-state index in [0.29, 0.717) is 11.5 Å². The summed E-state index contributed by atoms with van der Waals surface area (Å²) >= 11 is 0. The fraction of sp³-hybridized carbons (Fsp3) is 0.222. The van der Waals surface area contributed by atoms with Crippen molar-refractivity contribution >= 4 is 23.8 Å². The van der Waals surface area contributed by atoms with Crippen LogP contribution in [0, 0.1) is 0 Å². The fourth-order valence-corrected chi connectivity index (χ4v) is 2.06. The van der Waals surface area contributed by atoms with Crippen LogP contribution in [0.3, 0.4) is 0 Å². The van der Waals surface area contributed by atoms with E-state index in [1.807, 2.05) is 5.32 Å². The highest BCUT2D eigenvalue weighted by Crippen LogP contribution is 2.16. The maximum Gasteiger partial charge on any atom is 0.325 e. The summed E-state index contributed by atoms with van der Waals surface area (Å²) in [6.07, 6.45) is 1.45. The Balaban J connectivity index is 1.66. The first-order valence-electron chi connectivity index (χ1n) is 8.16. The minimum atomic E-state index is -0.839. The zero-order chi connectivity index (χ0) is 20.4. The number of hydrogen-bond acceptors (Lipinski definition) is 7. The van der Waals surface area contributed by atoms with Crippen molar-refractivity contribution in [3.8, 4) is 5.75 Å². The van der Waals surface area contributed by atoms with Gasteiger partial charge in [0.05, 0.1) is 25.5 Å². The number of rotatable bonds is 8. The van der Waals surface area contributed by atoms with E-state index in [-0.39, 0.29) is 12.1 Å². The second-order valence-electron chi connectivity index (χ2n) is 5.35. The maximum absolute atomic E-state index is 12.0. The van der Waals surface area contributed by atoms with Crippen molar-refractivity contribution < 1.29 is 33.1 Å². The van der Waals surface area contributed by atoms with Gasteiger partial charge in [0.1, 0.15) is 18.1 Å². The molecule has 0 atom stereocenters. The molecule has 2 aromatic rings. The smallest absolute Gasteiger partial charge is 0.325 e. The molecule has 0 unspecified atom stereocenters. The maximum atomic E-state index is 12.0. The Morgan fingerprint density at radius 3 is 2.54 bits per heavy atom. The fourth-order valence-electron chi connectivity index (χ4n) is 2.06. The van der Waals surface area contributed by atoms with Crippen LogP contribution in [-0.4, -0.2) is 44.1 Å². The van der Waals surface area contributed by atoms with E-state index < -0.39 is 37.0 Å². The first-order valence-corrected chi connectivity index (χ1v) is 8.16. The molecule has 0 bridgehead atoms. The van der Waals surface area contributed by atoms with Crippen LogP contribution in [0.15, 0.2) is 47.1 Å². The van der Waals surface area contributed by atoms with Crippen molar-refractivity contribution in [2.75, 3.05) is 20.3 Å². The van der Waals surface area contributed by atoms with E-state index in [4.69, 9.17) is 13.9 Å². The lowest BCUT2D eigenvalue weighted by Gasteiger charge is -2.09. The Kier molecular flexibility index (Phi) is 7.58. The van der Waals surface area contributed by atoms with Crippen LogP contribution in [0.5, 0.6) is 5.75 Å². The van der Waals surface area contributed by atoms with Crippen molar-refractivity contribution in [3.05, 3.63) is 54.0 Å². The molecule has 4 amide bonds. The summed E-state index contributed by atoms with van der Waals surface area (Å²) in [4.78, 5) is 46.8. The number of benzene rings is 1. The average molecular weight is 389 g/mol.